The fourth-order valence-electron chi connectivity index (χ4n) is 6.12. The van der Waals surface area contributed by atoms with Gasteiger partial charge in [-0.3, -0.25) is 0 Å². The predicted octanol–water partition coefficient (Wildman–Crippen LogP) is 4.43. The summed E-state index contributed by atoms with van der Waals surface area (Å²) in [4.78, 5) is 11.5. The SMILES string of the molecule is CC(F)(F)C(=O)OCC12CC3CC(C1)CC(c1ccc(O)cc1)(C3)C2. The van der Waals surface area contributed by atoms with Gasteiger partial charge in [0.05, 0.1) is 6.61 Å². The van der Waals surface area contributed by atoms with Gasteiger partial charge in [-0.05, 0) is 73.5 Å². The topological polar surface area (TPSA) is 46.5 Å². The van der Waals surface area contributed by atoms with E-state index in [1.165, 1.54) is 12.0 Å². The van der Waals surface area contributed by atoms with Crippen molar-refractivity contribution in [3.8, 4) is 5.75 Å². The van der Waals surface area contributed by atoms with Crippen LogP contribution in [0.5, 0.6) is 5.75 Å². The number of rotatable bonds is 4. The minimum Gasteiger partial charge on any atom is -0.508 e. The van der Waals surface area contributed by atoms with Crippen molar-refractivity contribution in [2.45, 2.75) is 56.8 Å². The molecule has 5 heteroatoms. The van der Waals surface area contributed by atoms with Gasteiger partial charge in [-0.1, -0.05) is 12.1 Å². The first kappa shape index (κ1) is 16.8. The number of benzene rings is 1. The molecule has 4 aliphatic rings. The molecule has 0 saturated heterocycles. The van der Waals surface area contributed by atoms with Gasteiger partial charge in [0.1, 0.15) is 5.75 Å². The monoisotopic (exact) mass is 350 g/mol. The fraction of sp³-hybridized carbons (Fsp3) is 0.650. The zero-order valence-corrected chi connectivity index (χ0v) is 14.4. The zero-order valence-electron chi connectivity index (χ0n) is 14.4. The standard InChI is InChI=1S/C20H24F2O3/c1-18(21,22)17(24)25-12-19-7-13-6-14(8-19)10-20(9-13,11-19)15-2-4-16(23)5-3-15/h2-5,13-14,23H,6-12H2,1H3. The van der Waals surface area contributed by atoms with Crippen LogP contribution in [0.2, 0.25) is 0 Å². The van der Waals surface area contributed by atoms with Crippen LogP contribution in [0.15, 0.2) is 24.3 Å². The second-order valence-corrected chi connectivity index (χ2v) is 8.75. The largest absolute Gasteiger partial charge is 0.508 e. The summed E-state index contributed by atoms with van der Waals surface area (Å²) in [7, 11) is 0. The minimum atomic E-state index is -3.43. The van der Waals surface area contributed by atoms with Gasteiger partial charge in [0, 0.05) is 12.3 Å². The summed E-state index contributed by atoms with van der Waals surface area (Å²) >= 11 is 0. The molecule has 4 fully saturated rings. The van der Waals surface area contributed by atoms with Gasteiger partial charge in [-0.15, -0.1) is 0 Å². The minimum absolute atomic E-state index is 0.0267. The molecule has 25 heavy (non-hydrogen) atoms. The lowest BCUT2D eigenvalue weighted by Gasteiger charge is -2.62. The van der Waals surface area contributed by atoms with Crippen molar-refractivity contribution in [1.29, 1.82) is 0 Å². The van der Waals surface area contributed by atoms with Crippen LogP contribution >= 0.6 is 0 Å². The highest BCUT2D eigenvalue weighted by molar-refractivity contribution is 5.76. The molecule has 136 valence electrons. The second-order valence-electron chi connectivity index (χ2n) is 8.75. The molecule has 2 unspecified atom stereocenters. The molecule has 4 saturated carbocycles. The molecular formula is C20H24F2O3. The van der Waals surface area contributed by atoms with Crippen LogP contribution in [0.25, 0.3) is 0 Å². The van der Waals surface area contributed by atoms with Crippen LogP contribution < -0.4 is 0 Å². The average molecular weight is 350 g/mol. The van der Waals surface area contributed by atoms with Gasteiger partial charge in [-0.25, -0.2) is 4.79 Å². The Kier molecular flexibility index (Phi) is 3.64. The van der Waals surface area contributed by atoms with Gasteiger partial charge in [0.2, 0.25) is 0 Å². The van der Waals surface area contributed by atoms with Crippen molar-refractivity contribution in [2.75, 3.05) is 6.61 Å². The summed E-state index contributed by atoms with van der Waals surface area (Å²) in [6, 6.07) is 7.42. The van der Waals surface area contributed by atoms with E-state index in [0.29, 0.717) is 18.8 Å². The number of hydrogen-bond acceptors (Lipinski definition) is 3. The summed E-state index contributed by atoms with van der Waals surface area (Å²) in [6.07, 6.45) is 6.21. The highest BCUT2D eigenvalue weighted by Crippen LogP contribution is 2.65. The van der Waals surface area contributed by atoms with Gasteiger partial charge in [-0.2, -0.15) is 8.78 Å². The molecule has 0 amide bonds. The molecule has 4 aliphatic carbocycles. The summed E-state index contributed by atoms with van der Waals surface area (Å²) < 4.78 is 31.4. The van der Waals surface area contributed by atoms with Gasteiger partial charge < -0.3 is 9.84 Å². The van der Waals surface area contributed by atoms with Crippen molar-refractivity contribution in [3.05, 3.63) is 29.8 Å². The summed E-state index contributed by atoms with van der Waals surface area (Å²) in [5.74, 6) is -3.47. The van der Waals surface area contributed by atoms with Crippen molar-refractivity contribution in [1.82, 2.24) is 0 Å². The molecule has 5 rings (SSSR count). The normalized spacial score (nSPS) is 36.4. The van der Waals surface area contributed by atoms with Crippen molar-refractivity contribution in [2.24, 2.45) is 17.3 Å². The second kappa shape index (κ2) is 5.42. The molecule has 0 aromatic heterocycles. The van der Waals surface area contributed by atoms with Crippen LogP contribution in [0.3, 0.4) is 0 Å². The summed E-state index contributed by atoms with van der Waals surface area (Å²) in [6.45, 7) is 0.690. The number of ether oxygens (including phenoxy) is 1. The molecular weight excluding hydrogens is 326 g/mol. The number of aromatic hydroxyl groups is 1. The maximum absolute atomic E-state index is 13.2. The summed E-state index contributed by atoms with van der Waals surface area (Å²) in [5.41, 5.74) is 1.07. The van der Waals surface area contributed by atoms with E-state index < -0.39 is 11.9 Å². The number of carbonyl (C=O) groups is 1. The average Bonchev–Trinajstić information content (AvgIpc) is 2.51. The zero-order chi connectivity index (χ0) is 17.9. The number of alkyl halides is 2. The van der Waals surface area contributed by atoms with Crippen LogP contribution in [0.4, 0.5) is 8.78 Å². The predicted molar refractivity (Wildman–Crippen MR) is 88.5 cm³/mol. The molecule has 0 spiro atoms. The van der Waals surface area contributed by atoms with Gasteiger partial charge in [0.25, 0.3) is 0 Å². The Labute approximate surface area is 146 Å². The van der Waals surface area contributed by atoms with Crippen LogP contribution in [0, 0.1) is 17.3 Å². The lowest BCUT2D eigenvalue weighted by atomic mass is 9.43. The summed E-state index contributed by atoms with van der Waals surface area (Å²) in [5, 5.41) is 9.58. The first-order valence-electron chi connectivity index (χ1n) is 9.04. The smallest absolute Gasteiger partial charge is 0.376 e. The van der Waals surface area contributed by atoms with Crippen LogP contribution in [-0.4, -0.2) is 23.6 Å². The van der Waals surface area contributed by atoms with Crippen LogP contribution in [-0.2, 0) is 14.9 Å². The third kappa shape index (κ3) is 2.91. The number of phenols is 1. The highest BCUT2D eigenvalue weighted by atomic mass is 19.3. The number of carbonyl (C=O) groups excluding carboxylic acids is 1. The molecule has 0 aliphatic heterocycles. The van der Waals surface area contributed by atoms with E-state index in [9.17, 15) is 18.7 Å². The number of phenolic OH excluding ortho intramolecular Hbond substituents is 1. The van der Waals surface area contributed by atoms with E-state index in [4.69, 9.17) is 4.74 Å². The van der Waals surface area contributed by atoms with E-state index in [2.05, 4.69) is 0 Å². The Bertz CT molecular complexity index is 663. The molecule has 4 bridgehead atoms. The van der Waals surface area contributed by atoms with E-state index in [1.807, 2.05) is 12.1 Å². The highest BCUT2D eigenvalue weighted by Gasteiger charge is 2.58. The molecule has 1 aromatic rings. The number of halogens is 2. The third-order valence-electron chi connectivity index (χ3n) is 6.53. The van der Waals surface area contributed by atoms with Gasteiger partial charge >= 0.3 is 11.9 Å². The van der Waals surface area contributed by atoms with Crippen molar-refractivity contribution in [3.63, 3.8) is 0 Å². The lowest BCUT2D eigenvalue weighted by Crippen LogP contribution is -2.55. The van der Waals surface area contributed by atoms with E-state index in [-0.39, 0.29) is 23.2 Å². The first-order chi connectivity index (χ1) is 11.7. The number of hydrogen-bond donors (Lipinski definition) is 1. The third-order valence-corrected chi connectivity index (χ3v) is 6.53. The fourth-order valence-corrected chi connectivity index (χ4v) is 6.12. The van der Waals surface area contributed by atoms with E-state index >= 15 is 0 Å². The Morgan fingerprint density at radius 2 is 1.80 bits per heavy atom. The number of esters is 1. The maximum atomic E-state index is 13.2. The molecule has 1 N–H and O–H groups in total. The Morgan fingerprint density at radius 3 is 2.36 bits per heavy atom. The van der Waals surface area contributed by atoms with E-state index in [0.717, 1.165) is 32.1 Å². The van der Waals surface area contributed by atoms with E-state index in [1.54, 1.807) is 12.1 Å². The van der Waals surface area contributed by atoms with Gasteiger partial charge in [0.15, 0.2) is 0 Å². The molecule has 3 nitrogen and oxygen atoms in total. The Hall–Kier alpha value is -1.65. The quantitative estimate of drug-likeness (QED) is 0.817. The molecule has 0 radical (unpaired) electrons. The maximum Gasteiger partial charge on any atom is 0.376 e. The Morgan fingerprint density at radius 1 is 1.20 bits per heavy atom. The molecule has 0 heterocycles. The van der Waals surface area contributed by atoms with Crippen molar-refractivity contribution >= 4 is 5.97 Å². The van der Waals surface area contributed by atoms with Crippen molar-refractivity contribution < 1.29 is 23.4 Å². The first-order valence-corrected chi connectivity index (χ1v) is 9.04. The lowest BCUT2D eigenvalue weighted by molar-refractivity contribution is -0.180. The molecule has 1 aromatic carbocycles. The van der Waals surface area contributed by atoms with Crippen LogP contribution in [0.1, 0.15) is 51.0 Å². The molecule has 2 atom stereocenters. The Balaban J connectivity index is 1.59.